The molecule has 98 valence electrons. The second-order valence-corrected chi connectivity index (χ2v) is 5.28. The summed E-state index contributed by atoms with van der Waals surface area (Å²) in [5.74, 6) is 0. The normalized spacial score (nSPS) is 24.0. The molecule has 4 nitrogen and oxygen atoms in total. The minimum Gasteiger partial charge on any atom is -0.465 e. The molecule has 0 bridgehead atoms. The first-order valence-corrected chi connectivity index (χ1v) is 6.77. The smallest absolute Gasteiger partial charge is 0.407 e. The number of hydrogen-bond donors (Lipinski definition) is 1. The molecule has 0 radical (unpaired) electrons. The Kier molecular flexibility index (Phi) is 4.24. The van der Waals surface area contributed by atoms with Crippen molar-refractivity contribution in [1.82, 2.24) is 4.90 Å². The van der Waals surface area contributed by atoms with E-state index in [1.54, 1.807) is 0 Å². The fourth-order valence-corrected chi connectivity index (χ4v) is 2.40. The molecule has 0 aliphatic carbocycles. The van der Waals surface area contributed by atoms with Crippen molar-refractivity contribution in [3.63, 3.8) is 0 Å². The molecule has 1 amide bonds. The second kappa shape index (κ2) is 5.71. The largest absolute Gasteiger partial charge is 0.465 e. The van der Waals surface area contributed by atoms with Gasteiger partial charge in [0.05, 0.1) is 25.3 Å². The lowest BCUT2D eigenvalue weighted by Crippen LogP contribution is -2.46. The number of hydrogen-bond acceptors (Lipinski definition) is 2. The van der Waals surface area contributed by atoms with Crippen LogP contribution in [0, 0.1) is 0 Å². The average Bonchev–Trinajstić information content (AvgIpc) is 2.39. The molecule has 1 aromatic rings. The molecule has 1 fully saturated rings. The van der Waals surface area contributed by atoms with Crippen LogP contribution < -0.4 is 0 Å². The van der Waals surface area contributed by atoms with Gasteiger partial charge in [-0.3, -0.25) is 4.90 Å². The standard InChI is InChI=1S/C13H16BrNO3/c1-2-11-7-15(13(16)17)12(8-18-11)9-3-5-10(14)6-4-9/h3-6,11-12H,2,7-8H2,1H3,(H,16,17)/t11-,12-/m0/s1. The van der Waals surface area contributed by atoms with Crippen LogP contribution in [0.1, 0.15) is 24.9 Å². The van der Waals surface area contributed by atoms with Crippen LogP contribution in [0.15, 0.2) is 28.7 Å². The Bertz CT molecular complexity index is 421. The van der Waals surface area contributed by atoms with Crippen LogP contribution in [0.3, 0.4) is 0 Å². The van der Waals surface area contributed by atoms with E-state index in [0.29, 0.717) is 13.2 Å². The van der Waals surface area contributed by atoms with Crippen molar-refractivity contribution in [2.24, 2.45) is 0 Å². The maximum Gasteiger partial charge on any atom is 0.407 e. The topological polar surface area (TPSA) is 49.8 Å². The second-order valence-electron chi connectivity index (χ2n) is 4.37. The monoisotopic (exact) mass is 313 g/mol. The summed E-state index contributed by atoms with van der Waals surface area (Å²) in [4.78, 5) is 12.8. The molecular weight excluding hydrogens is 298 g/mol. The number of nitrogens with zero attached hydrogens (tertiary/aromatic N) is 1. The first-order valence-electron chi connectivity index (χ1n) is 5.98. The van der Waals surface area contributed by atoms with Crippen molar-refractivity contribution in [2.45, 2.75) is 25.5 Å². The molecule has 1 aliphatic heterocycles. The summed E-state index contributed by atoms with van der Waals surface area (Å²) in [7, 11) is 0. The number of halogens is 1. The number of carboxylic acid groups (broad SMARTS) is 1. The number of rotatable bonds is 2. The molecule has 1 aliphatic rings. The van der Waals surface area contributed by atoms with E-state index in [4.69, 9.17) is 4.74 Å². The maximum absolute atomic E-state index is 11.3. The lowest BCUT2D eigenvalue weighted by Gasteiger charge is -2.38. The molecule has 1 aromatic carbocycles. The zero-order valence-corrected chi connectivity index (χ0v) is 11.8. The van der Waals surface area contributed by atoms with Crippen LogP contribution in [0.25, 0.3) is 0 Å². The SMILES string of the molecule is CC[C@H]1CN(C(=O)O)[C@H](c2ccc(Br)cc2)CO1. The summed E-state index contributed by atoms with van der Waals surface area (Å²) >= 11 is 3.37. The van der Waals surface area contributed by atoms with Crippen LogP contribution in [0.5, 0.6) is 0 Å². The summed E-state index contributed by atoms with van der Waals surface area (Å²) in [6.45, 7) is 2.86. The highest BCUT2D eigenvalue weighted by Crippen LogP contribution is 2.28. The number of benzene rings is 1. The van der Waals surface area contributed by atoms with E-state index < -0.39 is 6.09 Å². The van der Waals surface area contributed by atoms with Gasteiger partial charge in [0.1, 0.15) is 0 Å². The first-order chi connectivity index (χ1) is 8.61. The Morgan fingerprint density at radius 2 is 2.17 bits per heavy atom. The Balaban J connectivity index is 2.20. The van der Waals surface area contributed by atoms with Crippen LogP contribution in [-0.4, -0.2) is 35.4 Å². The van der Waals surface area contributed by atoms with E-state index in [0.717, 1.165) is 16.5 Å². The van der Waals surface area contributed by atoms with Gasteiger partial charge in [-0.15, -0.1) is 0 Å². The molecule has 0 aromatic heterocycles. The van der Waals surface area contributed by atoms with Crippen molar-refractivity contribution in [3.8, 4) is 0 Å². The van der Waals surface area contributed by atoms with Gasteiger partial charge < -0.3 is 9.84 Å². The Labute approximate surface area is 115 Å². The molecule has 5 heteroatoms. The van der Waals surface area contributed by atoms with Gasteiger partial charge in [0.25, 0.3) is 0 Å². The lowest BCUT2D eigenvalue weighted by molar-refractivity contribution is -0.0559. The first kappa shape index (κ1) is 13.4. The van der Waals surface area contributed by atoms with E-state index in [-0.39, 0.29) is 12.1 Å². The fraction of sp³-hybridized carbons (Fsp3) is 0.462. The molecule has 1 saturated heterocycles. The van der Waals surface area contributed by atoms with Crippen molar-refractivity contribution >= 4 is 22.0 Å². The van der Waals surface area contributed by atoms with E-state index in [1.807, 2.05) is 31.2 Å². The van der Waals surface area contributed by atoms with Crippen LogP contribution in [-0.2, 0) is 4.74 Å². The van der Waals surface area contributed by atoms with Gasteiger partial charge in [0.2, 0.25) is 0 Å². The van der Waals surface area contributed by atoms with Gasteiger partial charge in [0.15, 0.2) is 0 Å². The van der Waals surface area contributed by atoms with Gasteiger partial charge in [-0.1, -0.05) is 35.0 Å². The number of ether oxygens (including phenoxy) is 1. The summed E-state index contributed by atoms with van der Waals surface area (Å²) in [6, 6.07) is 7.49. The average molecular weight is 314 g/mol. The van der Waals surface area contributed by atoms with E-state index >= 15 is 0 Å². The predicted molar refractivity (Wildman–Crippen MR) is 71.6 cm³/mol. The Hall–Kier alpha value is -1.07. The van der Waals surface area contributed by atoms with Crippen molar-refractivity contribution in [3.05, 3.63) is 34.3 Å². The summed E-state index contributed by atoms with van der Waals surface area (Å²) in [5.41, 5.74) is 0.968. The zero-order chi connectivity index (χ0) is 13.1. The maximum atomic E-state index is 11.3. The van der Waals surface area contributed by atoms with Gasteiger partial charge >= 0.3 is 6.09 Å². The molecule has 18 heavy (non-hydrogen) atoms. The Morgan fingerprint density at radius 1 is 1.50 bits per heavy atom. The molecule has 0 saturated carbocycles. The van der Waals surface area contributed by atoms with Gasteiger partial charge in [0, 0.05) is 4.47 Å². The highest BCUT2D eigenvalue weighted by molar-refractivity contribution is 9.10. The highest BCUT2D eigenvalue weighted by Gasteiger charge is 2.32. The van der Waals surface area contributed by atoms with Gasteiger partial charge in [-0.2, -0.15) is 0 Å². The molecule has 0 unspecified atom stereocenters. The number of carbonyl (C=O) groups is 1. The highest BCUT2D eigenvalue weighted by atomic mass is 79.9. The Morgan fingerprint density at radius 3 is 2.72 bits per heavy atom. The third-order valence-corrected chi connectivity index (χ3v) is 3.75. The van der Waals surface area contributed by atoms with Gasteiger partial charge in [-0.25, -0.2) is 4.79 Å². The number of morpholine rings is 1. The van der Waals surface area contributed by atoms with Crippen LogP contribution in [0.4, 0.5) is 4.79 Å². The van der Waals surface area contributed by atoms with Crippen LogP contribution >= 0.6 is 15.9 Å². The molecular formula is C13H16BrNO3. The molecule has 0 spiro atoms. The minimum absolute atomic E-state index is 0.00722. The minimum atomic E-state index is -0.885. The van der Waals surface area contributed by atoms with Crippen molar-refractivity contribution < 1.29 is 14.6 Å². The zero-order valence-electron chi connectivity index (χ0n) is 10.2. The van der Waals surface area contributed by atoms with E-state index in [9.17, 15) is 9.90 Å². The molecule has 1 N–H and O–H groups in total. The quantitative estimate of drug-likeness (QED) is 0.911. The van der Waals surface area contributed by atoms with E-state index in [1.165, 1.54) is 4.90 Å². The number of amides is 1. The third-order valence-electron chi connectivity index (χ3n) is 3.22. The molecule has 2 rings (SSSR count). The van der Waals surface area contributed by atoms with Crippen molar-refractivity contribution in [1.29, 1.82) is 0 Å². The fourth-order valence-electron chi connectivity index (χ4n) is 2.14. The summed E-state index contributed by atoms with van der Waals surface area (Å²) in [5, 5.41) is 9.30. The summed E-state index contributed by atoms with van der Waals surface area (Å²) < 4.78 is 6.67. The summed E-state index contributed by atoms with van der Waals surface area (Å²) in [6.07, 6.45) is -0.0471. The third kappa shape index (κ3) is 2.84. The van der Waals surface area contributed by atoms with Gasteiger partial charge in [-0.05, 0) is 24.1 Å². The van der Waals surface area contributed by atoms with Crippen LogP contribution in [0.2, 0.25) is 0 Å². The van der Waals surface area contributed by atoms with Crippen molar-refractivity contribution in [2.75, 3.05) is 13.2 Å². The lowest BCUT2D eigenvalue weighted by atomic mass is 10.0. The molecule has 2 atom stereocenters. The van der Waals surface area contributed by atoms with E-state index in [2.05, 4.69) is 15.9 Å². The molecule has 1 heterocycles. The predicted octanol–water partition coefficient (Wildman–Crippen LogP) is 3.28.